The van der Waals surface area contributed by atoms with Gasteiger partial charge in [0.25, 0.3) is 0 Å². The van der Waals surface area contributed by atoms with Crippen LogP contribution in [-0.4, -0.2) is 35.9 Å². The van der Waals surface area contributed by atoms with Gasteiger partial charge in [0.15, 0.2) is 11.7 Å². The van der Waals surface area contributed by atoms with Gasteiger partial charge in [-0.05, 0) is 25.0 Å². The Labute approximate surface area is 137 Å². The minimum absolute atomic E-state index is 0.0832. The third-order valence-corrected chi connectivity index (χ3v) is 4.81. The first-order chi connectivity index (χ1) is 11.1. The summed E-state index contributed by atoms with van der Waals surface area (Å²) in [6, 6.07) is 9.14. The van der Waals surface area contributed by atoms with Crippen molar-refractivity contribution in [1.29, 1.82) is 5.26 Å². The van der Waals surface area contributed by atoms with Gasteiger partial charge in [-0.1, -0.05) is 12.1 Å². The van der Waals surface area contributed by atoms with Crippen LogP contribution < -0.4 is 10.2 Å². The van der Waals surface area contributed by atoms with E-state index in [2.05, 4.69) is 5.32 Å². The molecule has 0 bridgehead atoms. The molecule has 118 valence electrons. The second-order valence-electron chi connectivity index (χ2n) is 5.55. The molecule has 1 aromatic rings. The van der Waals surface area contributed by atoms with Gasteiger partial charge in [-0.25, -0.2) is 0 Å². The fourth-order valence-corrected chi connectivity index (χ4v) is 3.30. The third-order valence-electron chi connectivity index (χ3n) is 3.76. The van der Waals surface area contributed by atoms with Crippen molar-refractivity contribution < 1.29 is 14.4 Å². The molecule has 1 aliphatic carbocycles. The largest absolute Gasteiger partial charge is 0.352 e. The van der Waals surface area contributed by atoms with Gasteiger partial charge in [-0.2, -0.15) is 5.26 Å². The van der Waals surface area contributed by atoms with Gasteiger partial charge < -0.3 is 10.2 Å². The second kappa shape index (κ2) is 6.42. The van der Waals surface area contributed by atoms with E-state index < -0.39 is 17.6 Å². The van der Waals surface area contributed by atoms with E-state index in [-0.39, 0.29) is 24.2 Å². The molecule has 0 aromatic heterocycles. The van der Waals surface area contributed by atoms with Crippen LogP contribution in [0.2, 0.25) is 0 Å². The van der Waals surface area contributed by atoms with Gasteiger partial charge in [0.2, 0.25) is 11.8 Å². The quantitative estimate of drug-likeness (QED) is 0.817. The number of hydrogen-bond donors (Lipinski definition) is 1. The van der Waals surface area contributed by atoms with Crippen molar-refractivity contribution >= 4 is 35.0 Å². The van der Waals surface area contributed by atoms with Crippen LogP contribution in [0.3, 0.4) is 0 Å². The zero-order chi connectivity index (χ0) is 16.4. The van der Waals surface area contributed by atoms with Gasteiger partial charge in [0, 0.05) is 10.9 Å². The van der Waals surface area contributed by atoms with Crippen molar-refractivity contribution in [2.24, 2.45) is 5.92 Å². The predicted molar refractivity (Wildman–Crippen MR) is 84.8 cm³/mol. The van der Waals surface area contributed by atoms with E-state index >= 15 is 0 Å². The van der Waals surface area contributed by atoms with Crippen LogP contribution in [0, 0.1) is 17.2 Å². The molecule has 1 unspecified atom stereocenters. The fourth-order valence-electron chi connectivity index (χ4n) is 2.36. The Hall–Kier alpha value is -2.33. The number of Topliss-reactive ketones (excluding diaryl/α,β-unsaturated/α-hetero) is 1. The molecule has 1 saturated carbocycles. The Morgan fingerprint density at radius 1 is 1.39 bits per heavy atom. The Kier molecular flexibility index (Phi) is 4.35. The maximum Gasteiger partial charge on any atom is 0.245 e. The molecule has 1 aliphatic heterocycles. The van der Waals surface area contributed by atoms with E-state index in [0.717, 1.165) is 17.7 Å². The normalized spacial score (nSPS) is 17.9. The second-order valence-corrected chi connectivity index (χ2v) is 6.56. The first-order valence-electron chi connectivity index (χ1n) is 7.35. The summed E-state index contributed by atoms with van der Waals surface area (Å²) in [5.74, 6) is -2.44. The first kappa shape index (κ1) is 15.6. The Balaban J connectivity index is 1.74. The number of nitrogens with one attached hydrogen (secondary N) is 1. The number of amides is 2. The number of hydrogen-bond acceptors (Lipinski definition) is 5. The summed E-state index contributed by atoms with van der Waals surface area (Å²) in [5.41, 5.74) is 0.654. The average Bonchev–Trinajstić information content (AvgIpc) is 3.35. The standard InChI is InChI=1S/C16H15N3O3S/c17-7-11(16(22)18-10-5-6-10)13(20)8-19-12-3-1-2-4-14(12)23-9-15(19)21/h1-4,10-11H,5-6,8-9H2,(H,18,22). The molecule has 2 amide bonds. The maximum absolute atomic E-state index is 12.4. The summed E-state index contributed by atoms with van der Waals surface area (Å²) in [5, 5.41) is 11.8. The minimum Gasteiger partial charge on any atom is -0.352 e. The van der Waals surface area contributed by atoms with Crippen molar-refractivity contribution in [1.82, 2.24) is 5.32 Å². The lowest BCUT2D eigenvalue weighted by Gasteiger charge is -2.28. The molecule has 7 heteroatoms. The summed E-state index contributed by atoms with van der Waals surface area (Å²) in [7, 11) is 0. The summed E-state index contributed by atoms with van der Waals surface area (Å²) >= 11 is 1.42. The number of benzene rings is 1. The molecule has 3 rings (SSSR count). The number of para-hydroxylation sites is 1. The number of nitrogens with zero attached hydrogens (tertiary/aromatic N) is 2. The average molecular weight is 329 g/mol. The van der Waals surface area contributed by atoms with E-state index in [1.807, 2.05) is 12.1 Å². The maximum atomic E-state index is 12.4. The smallest absolute Gasteiger partial charge is 0.245 e. The molecule has 1 heterocycles. The van der Waals surface area contributed by atoms with Gasteiger partial charge in [0.1, 0.15) is 0 Å². The number of nitriles is 1. The highest BCUT2D eigenvalue weighted by molar-refractivity contribution is 8.00. The number of ketones is 1. The van der Waals surface area contributed by atoms with E-state index in [1.165, 1.54) is 16.7 Å². The zero-order valence-corrected chi connectivity index (χ0v) is 13.1. The van der Waals surface area contributed by atoms with Crippen molar-refractivity contribution in [3.8, 4) is 6.07 Å². The van der Waals surface area contributed by atoms with Crippen LogP contribution in [0.25, 0.3) is 0 Å². The van der Waals surface area contributed by atoms with E-state index in [4.69, 9.17) is 5.26 Å². The molecule has 1 aromatic carbocycles. The Morgan fingerprint density at radius 3 is 2.83 bits per heavy atom. The number of carbonyl (C=O) groups excluding carboxylic acids is 3. The zero-order valence-electron chi connectivity index (χ0n) is 12.3. The Morgan fingerprint density at radius 2 is 2.13 bits per heavy atom. The molecular formula is C16H15N3O3S. The van der Waals surface area contributed by atoms with Gasteiger partial charge in [0.05, 0.1) is 24.1 Å². The van der Waals surface area contributed by atoms with Gasteiger partial charge in [-0.3, -0.25) is 14.4 Å². The van der Waals surface area contributed by atoms with E-state index in [9.17, 15) is 14.4 Å². The van der Waals surface area contributed by atoms with E-state index in [0.29, 0.717) is 5.69 Å². The number of carbonyl (C=O) groups is 3. The molecule has 0 spiro atoms. The highest BCUT2D eigenvalue weighted by Crippen LogP contribution is 2.34. The molecule has 2 aliphatic rings. The molecule has 1 fully saturated rings. The topological polar surface area (TPSA) is 90.3 Å². The molecule has 0 radical (unpaired) electrons. The molecule has 1 atom stereocenters. The van der Waals surface area contributed by atoms with Crippen molar-refractivity contribution in [3.05, 3.63) is 24.3 Å². The number of fused-ring (bicyclic) bond motifs is 1. The Bertz CT molecular complexity index is 709. The van der Waals surface area contributed by atoms with Crippen LogP contribution in [0.1, 0.15) is 12.8 Å². The van der Waals surface area contributed by atoms with E-state index in [1.54, 1.807) is 18.2 Å². The molecular weight excluding hydrogens is 314 g/mol. The number of rotatable bonds is 5. The lowest BCUT2D eigenvalue weighted by atomic mass is 10.0. The van der Waals surface area contributed by atoms with Crippen LogP contribution in [0.15, 0.2) is 29.2 Å². The summed E-state index contributed by atoms with van der Waals surface area (Å²) in [4.78, 5) is 38.7. The molecule has 23 heavy (non-hydrogen) atoms. The van der Waals surface area contributed by atoms with Gasteiger partial charge >= 0.3 is 0 Å². The van der Waals surface area contributed by atoms with Crippen molar-refractivity contribution in [2.75, 3.05) is 17.2 Å². The molecule has 1 N–H and O–H groups in total. The number of thioether (sulfide) groups is 1. The molecule has 0 saturated heterocycles. The fraction of sp³-hybridized carbons (Fsp3) is 0.375. The van der Waals surface area contributed by atoms with Crippen LogP contribution in [-0.2, 0) is 14.4 Å². The minimum atomic E-state index is -1.37. The van der Waals surface area contributed by atoms with Crippen molar-refractivity contribution in [2.45, 2.75) is 23.8 Å². The SMILES string of the molecule is N#CC(C(=O)CN1C(=O)CSc2ccccc21)C(=O)NC1CC1. The highest BCUT2D eigenvalue weighted by Gasteiger charge is 2.34. The summed E-state index contributed by atoms with van der Waals surface area (Å²) in [6.45, 7) is -0.257. The third kappa shape index (κ3) is 3.37. The summed E-state index contributed by atoms with van der Waals surface area (Å²) < 4.78 is 0. The summed E-state index contributed by atoms with van der Waals surface area (Å²) in [6.07, 6.45) is 1.76. The van der Waals surface area contributed by atoms with Crippen LogP contribution in [0.5, 0.6) is 0 Å². The number of anilines is 1. The van der Waals surface area contributed by atoms with Crippen molar-refractivity contribution in [3.63, 3.8) is 0 Å². The first-order valence-corrected chi connectivity index (χ1v) is 8.33. The predicted octanol–water partition coefficient (Wildman–Crippen LogP) is 1.11. The van der Waals surface area contributed by atoms with Crippen LogP contribution in [0.4, 0.5) is 5.69 Å². The highest BCUT2D eigenvalue weighted by atomic mass is 32.2. The van der Waals surface area contributed by atoms with Gasteiger partial charge in [-0.15, -0.1) is 11.8 Å². The lowest BCUT2D eigenvalue weighted by molar-refractivity contribution is -0.132. The monoisotopic (exact) mass is 329 g/mol. The lowest BCUT2D eigenvalue weighted by Crippen LogP contribution is -2.44. The van der Waals surface area contributed by atoms with Crippen LogP contribution >= 0.6 is 11.8 Å². The molecule has 6 nitrogen and oxygen atoms in total.